The second-order valence-electron chi connectivity index (χ2n) is 4.47. The largest absolute Gasteiger partial charge is 0.489 e. The van der Waals surface area contributed by atoms with Crippen LogP contribution < -0.4 is 15.4 Å². The number of amides is 1. The molecule has 0 aliphatic carbocycles. The normalized spacial score (nSPS) is 18.7. The van der Waals surface area contributed by atoms with E-state index in [1.807, 2.05) is 24.3 Å². The van der Waals surface area contributed by atoms with Gasteiger partial charge in [-0.3, -0.25) is 9.89 Å². The lowest BCUT2D eigenvalue weighted by molar-refractivity contribution is -0.119. The van der Waals surface area contributed by atoms with Crippen molar-refractivity contribution in [2.75, 3.05) is 18.6 Å². The first-order valence-corrected chi connectivity index (χ1v) is 5.96. The standard InChI is InChI=1S/C13H14N4O2/c1-17-11-6-8(10-4-5-15-16-10)2-3-12(11)19-7-9(14)13(17)18/h2-6,9H,7,14H2,1H3,(H,15,16)/t9-/m0/s1. The number of hydrogen-bond donors (Lipinski definition) is 2. The molecule has 1 aliphatic rings. The number of H-pyrrole nitrogens is 1. The molecule has 3 rings (SSSR count). The highest BCUT2D eigenvalue weighted by atomic mass is 16.5. The van der Waals surface area contributed by atoms with Crippen LogP contribution in [0, 0.1) is 0 Å². The quantitative estimate of drug-likeness (QED) is 0.791. The van der Waals surface area contributed by atoms with Crippen molar-refractivity contribution in [3.8, 4) is 17.0 Å². The molecule has 0 bridgehead atoms. The third-order valence-corrected chi connectivity index (χ3v) is 3.20. The monoisotopic (exact) mass is 258 g/mol. The topological polar surface area (TPSA) is 84.2 Å². The Bertz CT molecular complexity index is 609. The fourth-order valence-corrected chi connectivity index (χ4v) is 2.10. The van der Waals surface area contributed by atoms with E-state index < -0.39 is 6.04 Å². The maximum Gasteiger partial charge on any atom is 0.247 e. The molecule has 3 N–H and O–H groups in total. The van der Waals surface area contributed by atoms with Gasteiger partial charge < -0.3 is 15.4 Å². The molecule has 2 aromatic rings. The van der Waals surface area contributed by atoms with E-state index in [0.29, 0.717) is 11.4 Å². The van der Waals surface area contributed by atoms with Crippen LogP contribution in [0.5, 0.6) is 5.75 Å². The van der Waals surface area contributed by atoms with Crippen LogP contribution in [0.1, 0.15) is 0 Å². The number of aromatic nitrogens is 2. The second kappa shape index (κ2) is 4.40. The van der Waals surface area contributed by atoms with Crippen LogP contribution in [-0.2, 0) is 4.79 Å². The molecule has 6 nitrogen and oxygen atoms in total. The van der Waals surface area contributed by atoms with Gasteiger partial charge >= 0.3 is 0 Å². The van der Waals surface area contributed by atoms with Gasteiger partial charge in [-0.05, 0) is 24.3 Å². The summed E-state index contributed by atoms with van der Waals surface area (Å²) >= 11 is 0. The predicted molar refractivity (Wildman–Crippen MR) is 70.9 cm³/mol. The summed E-state index contributed by atoms with van der Waals surface area (Å²) in [6.07, 6.45) is 1.68. The van der Waals surface area contributed by atoms with Gasteiger partial charge in [-0.15, -0.1) is 0 Å². The molecule has 1 atom stereocenters. The predicted octanol–water partition coefficient (Wildman–Crippen LogP) is 0.759. The van der Waals surface area contributed by atoms with E-state index in [-0.39, 0.29) is 12.5 Å². The Morgan fingerprint density at radius 2 is 2.32 bits per heavy atom. The van der Waals surface area contributed by atoms with Gasteiger partial charge in [0.1, 0.15) is 18.4 Å². The number of anilines is 1. The number of benzene rings is 1. The van der Waals surface area contributed by atoms with Crippen molar-refractivity contribution in [3.05, 3.63) is 30.5 Å². The summed E-state index contributed by atoms with van der Waals surface area (Å²) in [7, 11) is 1.70. The van der Waals surface area contributed by atoms with E-state index in [4.69, 9.17) is 10.5 Å². The van der Waals surface area contributed by atoms with E-state index in [9.17, 15) is 4.79 Å². The Labute approximate surface area is 110 Å². The first kappa shape index (κ1) is 11.7. The molecule has 0 radical (unpaired) electrons. The van der Waals surface area contributed by atoms with Crippen LogP contribution in [-0.4, -0.2) is 35.8 Å². The molecule has 1 aromatic carbocycles. The molecule has 1 amide bonds. The third-order valence-electron chi connectivity index (χ3n) is 3.20. The molecule has 0 fully saturated rings. The number of carbonyl (C=O) groups excluding carboxylic acids is 1. The zero-order valence-corrected chi connectivity index (χ0v) is 10.5. The minimum absolute atomic E-state index is 0.152. The van der Waals surface area contributed by atoms with Crippen molar-refractivity contribution < 1.29 is 9.53 Å². The van der Waals surface area contributed by atoms with Gasteiger partial charge in [0.25, 0.3) is 0 Å². The average molecular weight is 258 g/mol. The number of nitrogens with two attached hydrogens (primary N) is 1. The zero-order valence-electron chi connectivity index (χ0n) is 10.5. The van der Waals surface area contributed by atoms with E-state index >= 15 is 0 Å². The van der Waals surface area contributed by atoms with Crippen molar-refractivity contribution in [1.82, 2.24) is 10.2 Å². The van der Waals surface area contributed by atoms with E-state index in [1.54, 1.807) is 13.2 Å². The lowest BCUT2D eigenvalue weighted by Gasteiger charge is -2.18. The van der Waals surface area contributed by atoms with Gasteiger partial charge in [0.05, 0.1) is 11.4 Å². The molecule has 0 spiro atoms. The van der Waals surface area contributed by atoms with Crippen molar-refractivity contribution in [1.29, 1.82) is 0 Å². The highest BCUT2D eigenvalue weighted by molar-refractivity contribution is 5.99. The molecular formula is C13H14N4O2. The first-order chi connectivity index (χ1) is 9.16. The fraction of sp³-hybridized carbons (Fsp3) is 0.231. The molecule has 0 saturated heterocycles. The summed E-state index contributed by atoms with van der Waals surface area (Å²) in [4.78, 5) is 13.5. The van der Waals surface area contributed by atoms with Gasteiger partial charge in [0, 0.05) is 18.8 Å². The van der Waals surface area contributed by atoms with Crippen molar-refractivity contribution in [3.63, 3.8) is 0 Å². The molecular weight excluding hydrogens is 244 g/mol. The number of nitrogens with zero attached hydrogens (tertiary/aromatic N) is 2. The molecule has 0 saturated carbocycles. The SMILES string of the molecule is CN1C(=O)[C@@H](N)COc2ccc(-c3ccn[nH]3)cc21. The zero-order chi connectivity index (χ0) is 13.4. The minimum atomic E-state index is -0.631. The summed E-state index contributed by atoms with van der Waals surface area (Å²) in [5.74, 6) is 0.507. The van der Waals surface area contributed by atoms with Crippen LogP contribution >= 0.6 is 0 Å². The van der Waals surface area contributed by atoms with E-state index in [1.165, 1.54) is 4.90 Å². The molecule has 1 aromatic heterocycles. The summed E-state index contributed by atoms with van der Waals surface area (Å²) in [6, 6.07) is 6.88. The Morgan fingerprint density at radius 1 is 1.47 bits per heavy atom. The number of likely N-dealkylation sites (N-methyl/N-ethyl adjacent to an activating group) is 1. The number of nitrogens with one attached hydrogen (secondary N) is 1. The number of carbonyl (C=O) groups is 1. The minimum Gasteiger partial charge on any atom is -0.489 e. The molecule has 98 valence electrons. The molecule has 6 heteroatoms. The number of ether oxygens (including phenoxy) is 1. The van der Waals surface area contributed by atoms with E-state index in [2.05, 4.69) is 10.2 Å². The molecule has 2 heterocycles. The first-order valence-electron chi connectivity index (χ1n) is 5.96. The summed E-state index contributed by atoms with van der Waals surface area (Å²) in [5, 5.41) is 6.81. The van der Waals surface area contributed by atoms with E-state index in [0.717, 1.165) is 11.3 Å². The molecule has 19 heavy (non-hydrogen) atoms. The molecule has 1 aliphatic heterocycles. The Morgan fingerprint density at radius 3 is 3.05 bits per heavy atom. The number of aromatic amines is 1. The third kappa shape index (κ3) is 1.96. The van der Waals surface area contributed by atoms with Crippen molar-refractivity contribution >= 4 is 11.6 Å². The lowest BCUT2D eigenvalue weighted by atomic mass is 10.1. The maximum atomic E-state index is 12.0. The maximum absolute atomic E-state index is 12.0. The van der Waals surface area contributed by atoms with Crippen LogP contribution in [0.25, 0.3) is 11.3 Å². The smallest absolute Gasteiger partial charge is 0.247 e. The highest BCUT2D eigenvalue weighted by Gasteiger charge is 2.26. The molecule has 0 unspecified atom stereocenters. The number of rotatable bonds is 1. The van der Waals surface area contributed by atoms with Crippen LogP contribution in [0.3, 0.4) is 0 Å². The van der Waals surface area contributed by atoms with Crippen LogP contribution in [0.4, 0.5) is 5.69 Å². The van der Waals surface area contributed by atoms with Crippen molar-refractivity contribution in [2.24, 2.45) is 5.73 Å². The van der Waals surface area contributed by atoms with Crippen LogP contribution in [0.15, 0.2) is 30.5 Å². The van der Waals surface area contributed by atoms with Gasteiger partial charge in [-0.2, -0.15) is 5.10 Å². The summed E-state index contributed by atoms with van der Waals surface area (Å²) in [5.41, 5.74) is 8.29. The average Bonchev–Trinajstić information content (AvgIpc) is 2.94. The number of hydrogen-bond acceptors (Lipinski definition) is 4. The van der Waals surface area contributed by atoms with Crippen LogP contribution in [0.2, 0.25) is 0 Å². The Balaban J connectivity index is 2.07. The highest BCUT2D eigenvalue weighted by Crippen LogP contribution is 2.34. The second-order valence-corrected chi connectivity index (χ2v) is 4.47. The van der Waals surface area contributed by atoms with Gasteiger partial charge in [0.2, 0.25) is 5.91 Å². The number of fused-ring (bicyclic) bond motifs is 1. The van der Waals surface area contributed by atoms with Crippen molar-refractivity contribution in [2.45, 2.75) is 6.04 Å². The Kier molecular flexibility index (Phi) is 2.72. The summed E-state index contributed by atoms with van der Waals surface area (Å²) < 4.78 is 5.56. The van der Waals surface area contributed by atoms with Gasteiger partial charge in [-0.1, -0.05) is 0 Å². The lowest BCUT2D eigenvalue weighted by Crippen LogP contribution is -2.43. The summed E-state index contributed by atoms with van der Waals surface area (Å²) in [6.45, 7) is 0.194. The van der Waals surface area contributed by atoms with Gasteiger partial charge in [0.15, 0.2) is 0 Å². The fourth-order valence-electron chi connectivity index (χ4n) is 2.10. The van der Waals surface area contributed by atoms with Gasteiger partial charge in [-0.25, -0.2) is 0 Å². The Hall–Kier alpha value is -2.34.